The predicted octanol–water partition coefficient (Wildman–Crippen LogP) is 28.1. The van der Waals surface area contributed by atoms with Crippen molar-refractivity contribution in [1.82, 2.24) is 0 Å². The highest BCUT2D eigenvalue weighted by molar-refractivity contribution is 7.45. The van der Waals surface area contributed by atoms with E-state index in [0.29, 0.717) is 17.4 Å². The van der Waals surface area contributed by atoms with Crippen LogP contribution in [0, 0.1) is 0 Å². The molecule has 0 bridgehead atoms. The molecule has 9 nitrogen and oxygen atoms in total. The molecule has 0 aliphatic carbocycles. The van der Waals surface area contributed by atoms with Crippen molar-refractivity contribution in [3.8, 4) is 0 Å². The number of hydrogen-bond acceptors (Lipinski definition) is 8. The number of nitrogens with zero attached hydrogens (tertiary/aromatic N) is 1. The Kier molecular flexibility index (Phi) is 76.5. The Bertz CT molecular complexity index is 1770. The molecule has 0 aliphatic rings. The highest BCUT2D eigenvalue weighted by Crippen LogP contribution is 2.38. The molecular weight excluding hydrogens is 1220 g/mol. The van der Waals surface area contributed by atoms with E-state index in [1.54, 1.807) is 0 Å². The van der Waals surface area contributed by atoms with Crippen LogP contribution >= 0.6 is 7.82 Å². The molecule has 97 heavy (non-hydrogen) atoms. The van der Waals surface area contributed by atoms with Gasteiger partial charge in [0.2, 0.25) is 0 Å². The van der Waals surface area contributed by atoms with E-state index in [0.717, 1.165) is 57.8 Å². The Morgan fingerprint density at radius 1 is 0.330 bits per heavy atom. The first-order chi connectivity index (χ1) is 47.5. The van der Waals surface area contributed by atoms with Crippen molar-refractivity contribution in [2.45, 2.75) is 450 Å². The number of phosphoric ester groups is 1. The Morgan fingerprint density at radius 3 is 0.876 bits per heavy atom. The van der Waals surface area contributed by atoms with Crippen molar-refractivity contribution in [1.29, 1.82) is 0 Å². The van der Waals surface area contributed by atoms with E-state index in [1.807, 2.05) is 21.1 Å². The number of carbonyl (C=O) groups excluding carboxylic acids is 2. The molecule has 0 N–H and O–H groups in total. The second-order valence-corrected chi connectivity index (χ2v) is 31.9. The highest BCUT2D eigenvalue weighted by atomic mass is 31.2. The van der Waals surface area contributed by atoms with Gasteiger partial charge in [-0.25, -0.2) is 0 Å². The molecule has 0 aromatic rings. The SMILES string of the molecule is CC/C=C\C/C=C\C/C=C\C/C=C\CCCCCCCCCCCCCCCCCCCCCCCCCCC(=O)OC(COC(=O)CCCCCCCCCCCCCCCCCCCCCCCCCCCCCCCCCCCCCC)COP(=O)([O-])OCC[N+](C)(C)C. The average molecular weight is 1390 g/mol. The number of carbonyl (C=O) groups is 2. The van der Waals surface area contributed by atoms with E-state index in [4.69, 9.17) is 18.5 Å². The fraction of sp³-hybridized carbons (Fsp3) is 0.885. The van der Waals surface area contributed by atoms with E-state index in [1.165, 1.54) is 353 Å². The molecule has 0 radical (unpaired) electrons. The lowest BCUT2D eigenvalue weighted by Gasteiger charge is -2.28. The number of likely N-dealkylation sites (N-methyl/N-ethyl adjacent to an activating group) is 1. The van der Waals surface area contributed by atoms with Crippen molar-refractivity contribution >= 4 is 19.8 Å². The minimum absolute atomic E-state index is 0.0271. The van der Waals surface area contributed by atoms with E-state index < -0.39 is 26.5 Å². The molecule has 0 heterocycles. The summed E-state index contributed by atoms with van der Waals surface area (Å²) >= 11 is 0. The quantitative estimate of drug-likeness (QED) is 0.0195. The summed E-state index contributed by atoms with van der Waals surface area (Å²) in [5.41, 5.74) is 0. The van der Waals surface area contributed by atoms with Crippen LogP contribution in [0.25, 0.3) is 0 Å². The standard InChI is InChI=1S/C87H166NO8P/c1-6-8-10-12-14-16-18-20-22-24-26-28-30-32-34-36-38-40-42-44-46-48-50-52-54-56-58-60-62-64-66-68-70-72-74-76-78-80-87(90)96-85(84-95-97(91,92)94-82-81-88(3,4)5)83-93-86(89)79-77-75-73-71-69-67-65-63-61-59-57-55-53-51-49-47-45-43-41-39-37-35-33-31-29-27-25-23-21-19-17-15-13-11-9-7-2/h8,10,14,16,20,22,26,28,85H,6-7,9,11-13,15,17-19,21,23-25,27,29-84H2,1-5H3/b10-8-,16-14-,22-20-,28-26-. The Labute approximate surface area is 604 Å². The number of quaternary nitrogens is 1. The fourth-order valence-corrected chi connectivity index (χ4v) is 13.9. The molecule has 0 rings (SSSR count). The lowest BCUT2D eigenvalue weighted by molar-refractivity contribution is -0.870. The maximum atomic E-state index is 12.9. The zero-order valence-corrected chi connectivity index (χ0v) is 66.5. The third kappa shape index (κ3) is 82.8. The number of phosphoric acid groups is 1. The first-order valence-corrected chi connectivity index (χ1v) is 44.3. The number of ether oxygens (including phenoxy) is 2. The Morgan fingerprint density at radius 2 is 0.588 bits per heavy atom. The van der Waals surface area contributed by atoms with E-state index in [9.17, 15) is 19.0 Å². The number of unbranched alkanes of at least 4 members (excludes halogenated alkanes) is 59. The summed E-state index contributed by atoms with van der Waals surface area (Å²) in [5, 5.41) is 0. The minimum atomic E-state index is -4.64. The van der Waals surface area contributed by atoms with E-state index in [2.05, 4.69) is 62.5 Å². The van der Waals surface area contributed by atoms with Gasteiger partial charge in [-0.3, -0.25) is 14.2 Å². The summed E-state index contributed by atoms with van der Waals surface area (Å²) < 4.78 is 34.5. The summed E-state index contributed by atoms with van der Waals surface area (Å²) in [7, 11) is 1.19. The van der Waals surface area contributed by atoms with Gasteiger partial charge in [0.25, 0.3) is 7.82 Å². The lowest BCUT2D eigenvalue weighted by Crippen LogP contribution is -2.37. The third-order valence-electron chi connectivity index (χ3n) is 19.6. The Hall–Kier alpha value is -2.03. The van der Waals surface area contributed by atoms with Crippen LogP contribution in [0.2, 0.25) is 0 Å². The number of hydrogen-bond donors (Lipinski definition) is 0. The molecule has 0 amide bonds. The van der Waals surface area contributed by atoms with E-state index >= 15 is 0 Å². The van der Waals surface area contributed by atoms with Crippen LogP contribution in [0.15, 0.2) is 48.6 Å². The monoisotopic (exact) mass is 1380 g/mol. The van der Waals surface area contributed by atoms with Gasteiger partial charge in [0, 0.05) is 12.8 Å². The molecule has 2 atom stereocenters. The van der Waals surface area contributed by atoms with Crippen LogP contribution in [0.3, 0.4) is 0 Å². The topological polar surface area (TPSA) is 111 Å². The van der Waals surface area contributed by atoms with Gasteiger partial charge in [0.1, 0.15) is 19.8 Å². The molecule has 0 saturated carbocycles. The summed E-state index contributed by atoms with van der Waals surface area (Å²) in [6, 6.07) is 0. The van der Waals surface area contributed by atoms with Gasteiger partial charge in [0.05, 0.1) is 27.7 Å². The number of esters is 2. The third-order valence-corrected chi connectivity index (χ3v) is 20.6. The van der Waals surface area contributed by atoms with Crippen molar-refractivity contribution in [2.24, 2.45) is 0 Å². The van der Waals surface area contributed by atoms with E-state index in [-0.39, 0.29) is 32.0 Å². The maximum Gasteiger partial charge on any atom is 0.306 e. The van der Waals surface area contributed by atoms with Gasteiger partial charge in [-0.15, -0.1) is 0 Å². The summed E-state index contributed by atoms with van der Waals surface area (Å²) in [5.74, 6) is -0.805. The van der Waals surface area contributed by atoms with Crippen LogP contribution in [-0.2, 0) is 32.7 Å². The van der Waals surface area contributed by atoms with Gasteiger partial charge in [-0.1, -0.05) is 428 Å². The molecule has 0 saturated heterocycles. The lowest BCUT2D eigenvalue weighted by atomic mass is 10.0. The van der Waals surface area contributed by atoms with Gasteiger partial charge >= 0.3 is 11.9 Å². The molecule has 2 unspecified atom stereocenters. The molecule has 0 aliphatic heterocycles. The summed E-state index contributed by atoms with van der Waals surface area (Å²) in [4.78, 5) is 38.2. The highest BCUT2D eigenvalue weighted by Gasteiger charge is 2.22. The van der Waals surface area contributed by atoms with Crippen LogP contribution < -0.4 is 4.89 Å². The molecule has 572 valence electrons. The second-order valence-electron chi connectivity index (χ2n) is 30.5. The molecule has 0 fully saturated rings. The van der Waals surface area contributed by atoms with Crippen LogP contribution in [0.4, 0.5) is 0 Å². The normalized spacial score (nSPS) is 13.2. The zero-order valence-electron chi connectivity index (χ0n) is 65.6. The van der Waals surface area contributed by atoms with Crippen molar-refractivity contribution in [3.63, 3.8) is 0 Å². The minimum Gasteiger partial charge on any atom is -0.756 e. The first-order valence-electron chi connectivity index (χ1n) is 42.8. The summed E-state index contributed by atoms with van der Waals surface area (Å²) in [6.07, 6.45) is 104. The molecule has 0 aromatic heterocycles. The fourth-order valence-electron chi connectivity index (χ4n) is 13.1. The molecular formula is C87H166NO8P. The Balaban J connectivity index is 3.86. The van der Waals surface area contributed by atoms with Crippen LogP contribution in [0.1, 0.15) is 444 Å². The van der Waals surface area contributed by atoms with Crippen LogP contribution in [-0.4, -0.2) is 70.0 Å². The van der Waals surface area contributed by atoms with Crippen molar-refractivity contribution in [2.75, 3.05) is 47.5 Å². The van der Waals surface area contributed by atoms with Gasteiger partial charge in [-0.05, 0) is 51.4 Å². The van der Waals surface area contributed by atoms with Gasteiger partial charge in [-0.2, -0.15) is 0 Å². The molecule has 10 heteroatoms. The van der Waals surface area contributed by atoms with Crippen molar-refractivity contribution < 1.29 is 42.1 Å². The van der Waals surface area contributed by atoms with Gasteiger partial charge in [0.15, 0.2) is 6.10 Å². The van der Waals surface area contributed by atoms with Crippen LogP contribution in [0.5, 0.6) is 0 Å². The number of rotatable bonds is 81. The first kappa shape index (κ1) is 95.0. The number of allylic oxidation sites excluding steroid dienone is 8. The maximum absolute atomic E-state index is 12.9. The zero-order chi connectivity index (χ0) is 70.4. The summed E-state index contributed by atoms with van der Waals surface area (Å²) in [6.45, 7) is 4.22. The predicted molar refractivity (Wildman–Crippen MR) is 420 cm³/mol. The smallest absolute Gasteiger partial charge is 0.306 e. The van der Waals surface area contributed by atoms with Crippen molar-refractivity contribution in [3.05, 3.63) is 48.6 Å². The largest absolute Gasteiger partial charge is 0.756 e. The van der Waals surface area contributed by atoms with Gasteiger partial charge < -0.3 is 27.9 Å². The average Bonchev–Trinajstić information content (AvgIpc) is 1.41. The molecule has 0 spiro atoms. The molecule has 0 aromatic carbocycles. The second kappa shape index (κ2) is 78.1.